The van der Waals surface area contributed by atoms with E-state index < -0.39 is 12.3 Å². The summed E-state index contributed by atoms with van der Waals surface area (Å²) >= 11 is 1.59. The second kappa shape index (κ2) is 8.88. The van der Waals surface area contributed by atoms with Gasteiger partial charge in [0.25, 0.3) is 0 Å². The summed E-state index contributed by atoms with van der Waals surface area (Å²) in [5, 5.41) is 1.89. The normalized spacial score (nSPS) is 17.9. The highest BCUT2D eigenvalue weighted by atomic mass is 32.1. The van der Waals surface area contributed by atoms with Crippen molar-refractivity contribution in [1.82, 2.24) is 14.9 Å². The smallest absolute Gasteiger partial charge is 0.366 e. The van der Waals surface area contributed by atoms with Crippen molar-refractivity contribution in [1.29, 1.82) is 0 Å². The van der Waals surface area contributed by atoms with E-state index in [0.29, 0.717) is 30.2 Å². The minimum atomic E-state index is -4.38. The second-order valence-electron chi connectivity index (χ2n) is 8.32. The molecule has 1 atom stereocenters. The van der Waals surface area contributed by atoms with E-state index in [1.807, 2.05) is 24.4 Å². The van der Waals surface area contributed by atoms with E-state index in [9.17, 15) is 18.0 Å². The Labute approximate surface area is 188 Å². The summed E-state index contributed by atoms with van der Waals surface area (Å²) in [5.74, 6) is 0.156. The Bertz CT molecular complexity index is 1140. The van der Waals surface area contributed by atoms with Crippen LogP contribution in [0.2, 0.25) is 0 Å². The van der Waals surface area contributed by atoms with Gasteiger partial charge in [-0.25, -0.2) is 9.97 Å². The molecule has 0 saturated carbocycles. The van der Waals surface area contributed by atoms with Crippen molar-refractivity contribution in [2.45, 2.75) is 45.5 Å². The molecule has 1 aromatic carbocycles. The zero-order chi connectivity index (χ0) is 23.0. The maximum atomic E-state index is 13.0. The quantitative estimate of drug-likeness (QED) is 0.471. The number of ketones is 1. The van der Waals surface area contributed by atoms with E-state index in [2.05, 4.69) is 23.8 Å². The molecule has 4 rings (SSSR count). The highest BCUT2D eigenvalue weighted by Gasteiger charge is 2.43. The van der Waals surface area contributed by atoms with Gasteiger partial charge in [0.2, 0.25) is 0 Å². The summed E-state index contributed by atoms with van der Waals surface area (Å²) in [6.45, 7) is 6.25. The molecule has 32 heavy (non-hydrogen) atoms. The molecule has 0 bridgehead atoms. The molecule has 0 spiro atoms. The van der Waals surface area contributed by atoms with E-state index in [0.717, 1.165) is 26.4 Å². The van der Waals surface area contributed by atoms with Crippen LogP contribution in [-0.4, -0.2) is 52.6 Å². The molecule has 9 heteroatoms. The van der Waals surface area contributed by atoms with Crippen molar-refractivity contribution >= 4 is 28.0 Å². The second-order valence-corrected chi connectivity index (χ2v) is 9.38. The number of hydrogen-bond acceptors (Lipinski definition) is 6. The third-order valence-corrected chi connectivity index (χ3v) is 6.77. The first kappa shape index (κ1) is 22.8. The molecular formula is C23H24F3N3O2S. The van der Waals surface area contributed by atoms with Gasteiger partial charge in [-0.05, 0) is 17.7 Å². The van der Waals surface area contributed by atoms with Crippen molar-refractivity contribution in [3.05, 3.63) is 46.7 Å². The Morgan fingerprint density at radius 3 is 2.75 bits per heavy atom. The lowest BCUT2D eigenvalue weighted by atomic mass is 10.0. The molecule has 0 radical (unpaired) electrons. The minimum Gasteiger partial charge on any atom is -0.366 e. The van der Waals surface area contributed by atoms with E-state index >= 15 is 0 Å². The number of alkyl halides is 3. The van der Waals surface area contributed by atoms with Crippen LogP contribution in [0, 0.1) is 0 Å². The average molecular weight is 464 g/mol. The number of ether oxygens (including phenoxy) is 1. The maximum Gasteiger partial charge on any atom is 0.415 e. The fourth-order valence-electron chi connectivity index (χ4n) is 3.74. The molecule has 5 nitrogen and oxygen atoms in total. The van der Waals surface area contributed by atoms with Gasteiger partial charge in [-0.1, -0.05) is 26.0 Å². The van der Waals surface area contributed by atoms with Crippen molar-refractivity contribution in [2.24, 2.45) is 0 Å². The molecule has 170 valence electrons. The average Bonchev–Trinajstić information content (AvgIpc) is 3.23. The highest BCUT2D eigenvalue weighted by Crippen LogP contribution is 2.35. The van der Waals surface area contributed by atoms with E-state index in [4.69, 9.17) is 4.74 Å². The Morgan fingerprint density at radius 2 is 2.09 bits per heavy atom. The van der Waals surface area contributed by atoms with Crippen LogP contribution in [0.4, 0.5) is 13.2 Å². The summed E-state index contributed by atoms with van der Waals surface area (Å²) in [7, 11) is 0. The van der Waals surface area contributed by atoms with Crippen molar-refractivity contribution in [3.63, 3.8) is 0 Å². The number of Topliss-reactive ketones (excluding diaryl/α,β-unsaturated/α-hetero) is 1. The van der Waals surface area contributed by atoms with Crippen LogP contribution >= 0.6 is 11.3 Å². The number of morpholine rings is 1. The number of halogens is 3. The van der Waals surface area contributed by atoms with Crippen LogP contribution in [0.15, 0.2) is 30.5 Å². The molecule has 0 aliphatic carbocycles. The van der Waals surface area contributed by atoms with Gasteiger partial charge < -0.3 is 4.74 Å². The summed E-state index contributed by atoms with van der Waals surface area (Å²) in [5.41, 5.74) is 2.73. The van der Waals surface area contributed by atoms with Crippen molar-refractivity contribution < 1.29 is 22.7 Å². The molecular weight excluding hydrogens is 439 g/mol. The van der Waals surface area contributed by atoms with Gasteiger partial charge in [0.05, 0.1) is 22.0 Å². The van der Waals surface area contributed by atoms with Crippen LogP contribution in [0.25, 0.3) is 21.3 Å². The number of carbonyl (C=O) groups is 1. The van der Waals surface area contributed by atoms with E-state index in [1.54, 1.807) is 22.3 Å². The topological polar surface area (TPSA) is 55.3 Å². The SMILES string of the molecule is CC(=O)c1cc(-c2cnc(C(C)C)s2)c2ccc(CN3CCOC(C(F)(F)F)C3)cc2n1. The van der Waals surface area contributed by atoms with E-state index in [-0.39, 0.29) is 18.9 Å². The summed E-state index contributed by atoms with van der Waals surface area (Å²) in [4.78, 5) is 23.8. The molecule has 1 aliphatic heterocycles. The van der Waals surface area contributed by atoms with E-state index in [1.165, 1.54) is 6.92 Å². The Hall–Kier alpha value is -2.36. The predicted octanol–water partition coefficient (Wildman–Crippen LogP) is 5.45. The molecule has 0 N–H and O–H groups in total. The number of pyridine rings is 1. The largest absolute Gasteiger partial charge is 0.415 e. The first-order chi connectivity index (χ1) is 15.1. The van der Waals surface area contributed by atoms with Gasteiger partial charge in [0.1, 0.15) is 5.69 Å². The number of nitrogens with zero attached hydrogens (tertiary/aromatic N) is 3. The molecule has 1 saturated heterocycles. The van der Waals surface area contributed by atoms with Gasteiger partial charge in [-0.3, -0.25) is 9.69 Å². The van der Waals surface area contributed by atoms with Gasteiger partial charge in [0, 0.05) is 49.6 Å². The summed E-state index contributed by atoms with van der Waals surface area (Å²) < 4.78 is 44.0. The highest BCUT2D eigenvalue weighted by molar-refractivity contribution is 7.15. The molecule has 2 aromatic heterocycles. The number of fused-ring (bicyclic) bond motifs is 1. The third-order valence-electron chi connectivity index (χ3n) is 5.44. The zero-order valence-corrected chi connectivity index (χ0v) is 18.9. The maximum absolute atomic E-state index is 13.0. The first-order valence-corrected chi connectivity index (χ1v) is 11.2. The zero-order valence-electron chi connectivity index (χ0n) is 18.1. The number of aromatic nitrogens is 2. The number of benzene rings is 1. The number of carbonyl (C=O) groups excluding carboxylic acids is 1. The van der Waals surface area contributed by atoms with Crippen LogP contribution in [-0.2, 0) is 11.3 Å². The fraction of sp³-hybridized carbons (Fsp3) is 0.435. The van der Waals surface area contributed by atoms with Gasteiger partial charge in [-0.2, -0.15) is 13.2 Å². The Morgan fingerprint density at radius 1 is 1.31 bits per heavy atom. The van der Waals surface area contributed by atoms with Crippen LogP contribution < -0.4 is 0 Å². The lowest BCUT2D eigenvalue weighted by molar-refractivity contribution is -0.237. The van der Waals surface area contributed by atoms with Gasteiger partial charge in [-0.15, -0.1) is 11.3 Å². The van der Waals surface area contributed by atoms with Crippen molar-refractivity contribution in [3.8, 4) is 10.4 Å². The molecule has 0 amide bonds. The Kier molecular flexibility index (Phi) is 6.33. The van der Waals surface area contributed by atoms with Crippen LogP contribution in [0.5, 0.6) is 0 Å². The van der Waals surface area contributed by atoms with Gasteiger partial charge in [0.15, 0.2) is 11.9 Å². The lowest BCUT2D eigenvalue weighted by Gasteiger charge is -2.33. The molecule has 1 unspecified atom stereocenters. The van der Waals surface area contributed by atoms with Gasteiger partial charge >= 0.3 is 6.18 Å². The predicted molar refractivity (Wildman–Crippen MR) is 118 cm³/mol. The lowest BCUT2D eigenvalue weighted by Crippen LogP contribution is -2.48. The number of hydrogen-bond donors (Lipinski definition) is 0. The van der Waals surface area contributed by atoms with Crippen LogP contribution in [0.1, 0.15) is 47.7 Å². The standard InChI is InChI=1S/C23H24F3N3O2S/c1-13(2)22-27-10-20(32-22)17-9-18(14(3)30)28-19-8-15(4-5-16(17)19)11-29-6-7-31-21(12-29)23(24,25)26/h4-5,8-10,13,21H,6-7,11-12H2,1-3H3. The number of rotatable bonds is 5. The monoisotopic (exact) mass is 463 g/mol. The molecule has 3 heterocycles. The molecule has 1 fully saturated rings. The summed E-state index contributed by atoms with van der Waals surface area (Å²) in [6.07, 6.45) is -4.33. The third kappa shape index (κ3) is 4.84. The summed E-state index contributed by atoms with van der Waals surface area (Å²) in [6, 6.07) is 7.47. The van der Waals surface area contributed by atoms with Crippen molar-refractivity contribution in [2.75, 3.05) is 19.7 Å². The minimum absolute atomic E-state index is 0.0399. The number of thiazole rings is 1. The fourth-order valence-corrected chi connectivity index (χ4v) is 4.69. The Balaban J connectivity index is 1.68. The molecule has 3 aromatic rings. The molecule has 1 aliphatic rings. The van der Waals surface area contributed by atoms with Crippen LogP contribution in [0.3, 0.4) is 0 Å². The first-order valence-electron chi connectivity index (χ1n) is 10.4.